The number of allylic oxidation sites excluding steroid dienone is 2. The van der Waals surface area contributed by atoms with E-state index in [9.17, 15) is 19.1 Å². The fourth-order valence-corrected chi connectivity index (χ4v) is 2.34. The monoisotopic (exact) mass is 296 g/mol. The van der Waals surface area contributed by atoms with Gasteiger partial charge in [0.05, 0.1) is 11.6 Å². The third kappa shape index (κ3) is 3.17. The number of amides is 1. The smallest absolute Gasteiger partial charge is 0.228 e. The molecule has 4 nitrogen and oxygen atoms in total. The maximum Gasteiger partial charge on any atom is 0.228 e. The summed E-state index contributed by atoms with van der Waals surface area (Å²) < 4.78 is 13.6. The molecule has 0 radical (unpaired) electrons. The Labute approximate surface area is 120 Å². The highest BCUT2D eigenvalue weighted by Crippen LogP contribution is 2.27. The van der Waals surface area contributed by atoms with Crippen molar-refractivity contribution in [2.24, 2.45) is 11.8 Å². The van der Waals surface area contributed by atoms with Gasteiger partial charge in [0.25, 0.3) is 0 Å². The summed E-state index contributed by atoms with van der Waals surface area (Å²) in [5, 5.41) is 13.6. The van der Waals surface area contributed by atoms with E-state index in [2.05, 4.69) is 5.32 Å². The molecule has 6 heteroatoms. The highest BCUT2D eigenvalue weighted by molar-refractivity contribution is 6.30. The van der Waals surface area contributed by atoms with Crippen LogP contribution in [0.2, 0.25) is 5.02 Å². The number of carbonyl (C=O) groups is 2. The Morgan fingerprint density at radius 1 is 1.25 bits per heavy atom. The maximum absolute atomic E-state index is 13.6. The number of carboxylic acids is 1. The van der Waals surface area contributed by atoms with E-state index in [0.717, 1.165) is 6.07 Å². The molecule has 1 aliphatic carbocycles. The van der Waals surface area contributed by atoms with Crippen LogP contribution >= 0.6 is 11.6 Å². The predicted molar refractivity (Wildman–Crippen MR) is 70.4 cm³/mol. The molecule has 0 unspecified atom stereocenters. The quantitative estimate of drug-likeness (QED) is 0.864. The van der Waals surface area contributed by atoms with Crippen molar-refractivity contribution in [1.82, 2.24) is 0 Å². The molecule has 0 aliphatic heterocycles. The summed E-state index contributed by atoms with van der Waals surface area (Å²) in [6.07, 6.45) is 3.97. The normalized spacial score (nSPS) is 21.5. The van der Waals surface area contributed by atoms with Crippen LogP contribution in [-0.2, 0) is 9.59 Å². The van der Waals surface area contributed by atoms with Gasteiger partial charge in [0.2, 0.25) is 5.91 Å². The predicted octanol–water partition coefficient (Wildman–Crippen LogP) is 1.75. The van der Waals surface area contributed by atoms with Gasteiger partial charge in [-0.05, 0) is 31.0 Å². The van der Waals surface area contributed by atoms with E-state index in [0.29, 0.717) is 6.42 Å². The van der Waals surface area contributed by atoms with Crippen molar-refractivity contribution >= 4 is 29.2 Å². The zero-order valence-corrected chi connectivity index (χ0v) is 11.2. The molecule has 0 spiro atoms. The summed E-state index contributed by atoms with van der Waals surface area (Å²) in [6.45, 7) is 0. The number of benzene rings is 1. The standard InChI is InChI=1S/C14H13ClFNO3/c15-8-5-6-12(11(16)7-8)17-13(18)9-3-1-2-4-10(9)14(19)20/h1-2,5-7,9-10H,3-4H2,(H,17,18)(H,19,20)/p-1/t9-,10+/m0/s1. The molecule has 20 heavy (non-hydrogen) atoms. The molecule has 0 saturated heterocycles. The first-order valence-corrected chi connectivity index (χ1v) is 6.48. The topological polar surface area (TPSA) is 69.2 Å². The molecule has 1 aromatic carbocycles. The zero-order valence-electron chi connectivity index (χ0n) is 10.4. The van der Waals surface area contributed by atoms with Gasteiger partial charge in [-0.2, -0.15) is 0 Å². The molecule has 1 aromatic rings. The molecule has 1 amide bonds. The lowest BCUT2D eigenvalue weighted by atomic mass is 9.82. The van der Waals surface area contributed by atoms with E-state index in [1.165, 1.54) is 12.1 Å². The van der Waals surface area contributed by atoms with Gasteiger partial charge < -0.3 is 15.2 Å². The minimum atomic E-state index is -1.27. The number of carbonyl (C=O) groups excluding carboxylic acids is 2. The van der Waals surface area contributed by atoms with Gasteiger partial charge in [0, 0.05) is 16.9 Å². The van der Waals surface area contributed by atoms with Crippen LogP contribution in [-0.4, -0.2) is 11.9 Å². The maximum atomic E-state index is 13.6. The molecule has 0 aromatic heterocycles. The van der Waals surface area contributed by atoms with E-state index in [1.807, 2.05) is 0 Å². The lowest BCUT2D eigenvalue weighted by Crippen LogP contribution is -2.41. The minimum Gasteiger partial charge on any atom is -0.550 e. The summed E-state index contributed by atoms with van der Waals surface area (Å²) in [6, 6.07) is 3.85. The fourth-order valence-electron chi connectivity index (χ4n) is 2.18. The second-order valence-corrected chi connectivity index (χ2v) is 5.02. The zero-order chi connectivity index (χ0) is 14.7. The van der Waals surface area contributed by atoms with Crippen molar-refractivity contribution in [1.29, 1.82) is 0 Å². The Morgan fingerprint density at radius 2 is 1.90 bits per heavy atom. The lowest BCUT2D eigenvalue weighted by molar-refractivity contribution is -0.313. The van der Waals surface area contributed by atoms with Crippen molar-refractivity contribution in [3.05, 3.63) is 41.2 Å². The van der Waals surface area contributed by atoms with Crippen LogP contribution in [0.15, 0.2) is 30.4 Å². The molecular formula is C14H12ClFNO3-. The number of aliphatic carboxylic acids is 1. The molecule has 2 atom stereocenters. The van der Waals surface area contributed by atoms with Crippen molar-refractivity contribution in [3.8, 4) is 0 Å². The number of hydrogen-bond donors (Lipinski definition) is 1. The Bertz CT molecular complexity index is 574. The molecule has 1 aliphatic rings. The SMILES string of the molecule is O=C(Nc1ccc(Cl)cc1F)[C@H]1CC=CC[C@H]1C(=O)[O-]. The van der Waals surface area contributed by atoms with E-state index in [1.54, 1.807) is 12.2 Å². The third-order valence-electron chi connectivity index (χ3n) is 3.26. The largest absolute Gasteiger partial charge is 0.550 e. The molecule has 106 valence electrons. The average molecular weight is 297 g/mol. The molecular weight excluding hydrogens is 285 g/mol. The lowest BCUT2D eigenvalue weighted by Gasteiger charge is -2.28. The van der Waals surface area contributed by atoms with Crippen LogP contribution in [0, 0.1) is 17.7 Å². The number of hydrogen-bond acceptors (Lipinski definition) is 3. The van der Waals surface area contributed by atoms with Crippen molar-refractivity contribution in [2.45, 2.75) is 12.8 Å². The fraction of sp³-hybridized carbons (Fsp3) is 0.286. The number of nitrogens with one attached hydrogen (secondary N) is 1. The minimum absolute atomic E-state index is 0.0222. The summed E-state index contributed by atoms with van der Waals surface area (Å²) in [7, 11) is 0. The third-order valence-corrected chi connectivity index (χ3v) is 3.50. The Morgan fingerprint density at radius 3 is 2.50 bits per heavy atom. The van der Waals surface area contributed by atoms with Gasteiger partial charge >= 0.3 is 0 Å². The molecule has 0 saturated carbocycles. The number of anilines is 1. The van der Waals surface area contributed by atoms with Crippen molar-refractivity contribution in [3.63, 3.8) is 0 Å². The van der Waals surface area contributed by atoms with Gasteiger partial charge in [-0.25, -0.2) is 4.39 Å². The second-order valence-electron chi connectivity index (χ2n) is 4.59. The van der Waals surface area contributed by atoms with Crippen molar-refractivity contribution < 1.29 is 19.1 Å². The average Bonchev–Trinajstić information content (AvgIpc) is 2.41. The molecule has 0 fully saturated rings. The van der Waals surface area contributed by atoms with E-state index >= 15 is 0 Å². The Balaban J connectivity index is 2.14. The van der Waals surface area contributed by atoms with Gasteiger partial charge in [0.15, 0.2) is 0 Å². The van der Waals surface area contributed by atoms with Gasteiger partial charge in [-0.15, -0.1) is 0 Å². The molecule has 0 bridgehead atoms. The first kappa shape index (κ1) is 14.5. The highest BCUT2D eigenvalue weighted by atomic mass is 35.5. The molecule has 0 heterocycles. The first-order valence-electron chi connectivity index (χ1n) is 6.11. The summed E-state index contributed by atoms with van der Waals surface area (Å²) in [5.41, 5.74) is -0.0222. The van der Waals surface area contributed by atoms with Crippen molar-refractivity contribution in [2.75, 3.05) is 5.32 Å². The van der Waals surface area contributed by atoms with Crippen LogP contribution < -0.4 is 10.4 Å². The highest BCUT2D eigenvalue weighted by Gasteiger charge is 2.30. The molecule has 2 rings (SSSR count). The van der Waals surface area contributed by atoms with Gasteiger partial charge in [-0.3, -0.25) is 4.79 Å². The summed E-state index contributed by atoms with van der Waals surface area (Å²) >= 11 is 5.62. The van der Waals surface area contributed by atoms with E-state index in [4.69, 9.17) is 11.6 Å². The van der Waals surface area contributed by atoms with Crippen LogP contribution in [0.5, 0.6) is 0 Å². The van der Waals surface area contributed by atoms with Crippen LogP contribution in [0.1, 0.15) is 12.8 Å². The first-order chi connectivity index (χ1) is 9.49. The van der Waals surface area contributed by atoms with Gasteiger partial charge in [0.1, 0.15) is 5.82 Å². The van der Waals surface area contributed by atoms with E-state index in [-0.39, 0.29) is 17.1 Å². The van der Waals surface area contributed by atoms with Gasteiger partial charge in [-0.1, -0.05) is 23.8 Å². The summed E-state index contributed by atoms with van der Waals surface area (Å²) in [4.78, 5) is 23.1. The Hall–Kier alpha value is -1.88. The number of carboxylic acid groups (broad SMARTS) is 1. The number of halogens is 2. The number of rotatable bonds is 3. The van der Waals surface area contributed by atoms with E-state index < -0.39 is 29.5 Å². The van der Waals surface area contributed by atoms with Crippen LogP contribution in [0.25, 0.3) is 0 Å². The van der Waals surface area contributed by atoms with Crippen LogP contribution in [0.4, 0.5) is 10.1 Å². The molecule has 1 N–H and O–H groups in total. The Kier molecular flexibility index (Phi) is 4.39. The summed E-state index contributed by atoms with van der Waals surface area (Å²) in [5.74, 6) is -4.13. The second kappa shape index (κ2) is 6.05. The van der Waals surface area contributed by atoms with Crippen LogP contribution in [0.3, 0.4) is 0 Å².